The van der Waals surface area contributed by atoms with Gasteiger partial charge in [-0.15, -0.1) is 0 Å². The fourth-order valence-corrected chi connectivity index (χ4v) is 8.21. The van der Waals surface area contributed by atoms with Crippen LogP contribution in [0.2, 0.25) is 0 Å². The topological polar surface area (TPSA) is 83.5 Å². The number of aliphatic hydroxyl groups excluding tert-OH is 1. The molecule has 3 fully saturated rings. The molecule has 0 bridgehead atoms. The maximum Gasteiger partial charge on any atom is 0.287 e. The van der Waals surface area contributed by atoms with Crippen molar-refractivity contribution in [2.45, 2.75) is 85.5 Å². The monoisotopic (exact) mass is 455 g/mol. The molecule has 7 atom stereocenters. The second-order valence-corrected chi connectivity index (χ2v) is 11.6. The van der Waals surface area contributed by atoms with E-state index in [2.05, 4.69) is 33.0 Å². The normalized spacial score (nSPS) is 39.6. The number of hydrogen-bond donors (Lipinski definition) is 2. The molecular formula is C28H41NO4. The smallest absolute Gasteiger partial charge is 0.287 e. The highest BCUT2D eigenvalue weighted by atomic mass is 16.3. The Morgan fingerprint density at radius 3 is 2.61 bits per heavy atom. The summed E-state index contributed by atoms with van der Waals surface area (Å²) in [5, 5.41) is 13.8. The Balaban J connectivity index is 1.51. The van der Waals surface area contributed by atoms with Gasteiger partial charge in [0.2, 0.25) is 5.78 Å². The van der Waals surface area contributed by atoms with Crippen LogP contribution in [-0.4, -0.2) is 29.1 Å². The van der Waals surface area contributed by atoms with Crippen molar-refractivity contribution in [2.75, 3.05) is 6.54 Å². The molecule has 5 nitrogen and oxygen atoms in total. The Labute approximate surface area is 198 Å². The number of ketones is 2. The lowest BCUT2D eigenvalue weighted by molar-refractivity contribution is -0.145. The fourth-order valence-electron chi connectivity index (χ4n) is 8.21. The Kier molecular flexibility index (Phi) is 6.63. The standard InChI is InChI=1S/C28H41NO4/c1-5-6-7-8-13-29-26(33)25(32)24-17(2)14-22-20-10-9-18-15-19(30)16-23(31)28(18,4)21(20)11-12-27(22,24)3/h15-17,20-22,24,31H,5-14H2,1-4H3,(H,29,33)/t17-,20-,21+,22+,24-,27+,28+/m1/s1. The van der Waals surface area contributed by atoms with Gasteiger partial charge in [0.25, 0.3) is 5.91 Å². The minimum atomic E-state index is -0.473. The van der Waals surface area contributed by atoms with Gasteiger partial charge in [0, 0.05) is 24.0 Å². The Morgan fingerprint density at radius 1 is 1.12 bits per heavy atom. The molecule has 0 heterocycles. The highest BCUT2D eigenvalue weighted by Crippen LogP contribution is 2.67. The third kappa shape index (κ3) is 3.89. The first-order valence-electron chi connectivity index (χ1n) is 13.1. The second kappa shape index (κ2) is 9.03. The molecule has 0 aromatic carbocycles. The van der Waals surface area contributed by atoms with Crippen molar-refractivity contribution in [1.82, 2.24) is 5.32 Å². The molecule has 1 amide bonds. The molecule has 0 radical (unpaired) electrons. The zero-order valence-corrected chi connectivity index (χ0v) is 20.8. The molecule has 0 unspecified atom stereocenters. The van der Waals surface area contributed by atoms with E-state index in [9.17, 15) is 19.5 Å². The van der Waals surface area contributed by atoms with Gasteiger partial charge in [0.1, 0.15) is 5.76 Å². The molecule has 0 aromatic heterocycles. The number of unbranched alkanes of at least 4 members (excludes halogenated alkanes) is 3. The van der Waals surface area contributed by atoms with Crippen LogP contribution in [0.1, 0.15) is 85.5 Å². The first-order chi connectivity index (χ1) is 15.6. The first-order valence-corrected chi connectivity index (χ1v) is 13.1. The molecule has 4 aliphatic rings. The van der Waals surface area contributed by atoms with Gasteiger partial charge in [-0.05, 0) is 80.6 Å². The van der Waals surface area contributed by atoms with Crippen LogP contribution in [0.5, 0.6) is 0 Å². The summed E-state index contributed by atoms with van der Waals surface area (Å²) in [6, 6.07) is 0. The van der Waals surface area contributed by atoms with Gasteiger partial charge < -0.3 is 10.4 Å². The number of fused-ring (bicyclic) bond motifs is 5. The van der Waals surface area contributed by atoms with Crippen LogP contribution in [-0.2, 0) is 14.4 Å². The van der Waals surface area contributed by atoms with Crippen LogP contribution >= 0.6 is 0 Å². The number of allylic oxidation sites excluding steroid dienone is 3. The zero-order chi connectivity index (χ0) is 24.0. The summed E-state index contributed by atoms with van der Waals surface area (Å²) < 4.78 is 0. The minimum Gasteiger partial charge on any atom is -0.511 e. The van der Waals surface area contributed by atoms with Crippen molar-refractivity contribution in [1.29, 1.82) is 0 Å². The third-order valence-electron chi connectivity index (χ3n) is 9.89. The lowest BCUT2D eigenvalue weighted by atomic mass is 9.47. The number of carbonyl (C=O) groups is 3. The van der Waals surface area contributed by atoms with Gasteiger partial charge in [0.15, 0.2) is 5.78 Å². The van der Waals surface area contributed by atoms with Gasteiger partial charge in [-0.2, -0.15) is 0 Å². The summed E-state index contributed by atoms with van der Waals surface area (Å²) in [5.74, 6) is 0.445. The molecule has 4 rings (SSSR count). The molecule has 182 valence electrons. The van der Waals surface area contributed by atoms with Crippen molar-refractivity contribution < 1.29 is 19.5 Å². The van der Waals surface area contributed by atoms with E-state index in [1.54, 1.807) is 6.08 Å². The van der Waals surface area contributed by atoms with Crippen LogP contribution < -0.4 is 5.32 Å². The predicted octanol–water partition coefficient (Wildman–Crippen LogP) is 5.31. The van der Waals surface area contributed by atoms with Crippen molar-refractivity contribution in [3.05, 3.63) is 23.5 Å². The fraction of sp³-hybridized carbons (Fsp3) is 0.750. The number of carbonyl (C=O) groups excluding carboxylic acids is 3. The summed E-state index contributed by atoms with van der Waals surface area (Å²) >= 11 is 0. The quantitative estimate of drug-likeness (QED) is 0.403. The molecular weight excluding hydrogens is 414 g/mol. The lowest BCUT2D eigenvalue weighted by Gasteiger charge is -2.57. The van der Waals surface area contributed by atoms with Gasteiger partial charge in [-0.3, -0.25) is 14.4 Å². The number of nitrogens with one attached hydrogen (secondary N) is 1. The summed E-state index contributed by atoms with van der Waals surface area (Å²) in [6.45, 7) is 9.22. The highest BCUT2D eigenvalue weighted by Gasteiger charge is 2.63. The summed E-state index contributed by atoms with van der Waals surface area (Å²) in [5.41, 5.74) is 0.413. The van der Waals surface area contributed by atoms with Crippen LogP contribution in [0.3, 0.4) is 0 Å². The van der Waals surface area contributed by atoms with Crippen molar-refractivity contribution in [2.24, 2.45) is 40.4 Å². The van der Waals surface area contributed by atoms with E-state index < -0.39 is 11.3 Å². The third-order valence-corrected chi connectivity index (χ3v) is 9.89. The van der Waals surface area contributed by atoms with E-state index in [4.69, 9.17) is 0 Å². The largest absolute Gasteiger partial charge is 0.511 e. The molecule has 33 heavy (non-hydrogen) atoms. The van der Waals surface area contributed by atoms with E-state index in [0.717, 1.165) is 63.4 Å². The molecule has 2 N–H and O–H groups in total. The van der Waals surface area contributed by atoms with E-state index in [-0.39, 0.29) is 40.5 Å². The molecule has 5 heteroatoms. The van der Waals surface area contributed by atoms with E-state index in [0.29, 0.717) is 18.4 Å². The Hall–Kier alpha value is -1.91. The van der Waals surface area contributed by atoms with Crippen molar-refractivity contribution >= 4 is 17.5 Å². The number of rotatable bonds is 7. The van der Waals surface area contributed by atoms with Crippen LogP contribution in [0.15, 0.2) is 23.5 Å². The zero-order valence-electron chi connectivity index (χ0n) is 20.8. The molecule has 0 saturated heterocycles. The molecule has 0 spiro atoms. The van der Waals surface area contributed by atoms with Gasteiger partial charge in [0.05, 0.1) is 0 Å². The van der Waals surface area contributed by atoms with E-state index in [1.165, 1.54) is 6.08 Å². The summed E-state index contributed by atoms with van der Waals surface area (Å²) in [7, 11) is 0. The number of aliphatic hydroxyl groups is 1. The van der Waals surface area contributed by atoms with Crippen LogP contribution in [0.4, 0.5) is 0 Å². The SMILES string of the molecule is CCCCCCNC(=O)C(=O)[C@H]1[C@H](C)C[C@H]2[C@@H]3CCC4=CC(=O)C=C(O)[C@]4(C)[C@H]3CC[C@@]21C. The van der Waals surface area contributed by atoms with Crippen LogP contribution in [0, 0.1) is 40.4 Å². The van der Waals surface area contributed by atoms with Gasteiger partial charge in [-0.1, -0.05) is 45.6 Å². The van der Waals surface area contributed by atoms with Crippen molar-refractivity contribution in [3.63, 3.8) is 0 Å². The molecule has 4 aliphatic carbocycles. The number of Topliss-reactive ketones (excluding diaryl/α,β-unsaturated/α-hetero) is 1. The highest BCUT2D eigenvalue weighted by molar-refractivity contribution is 6.37. The predicted molar refractivity (Wildman–Crippen MR) is 128 cm³/mol. The lowest BCUT2D eigenvalue weighted by Crippen LogP contribution is -2.52. The number of amides is 1. The maximum atomic E-state index is 13.4. The Morgan fingerprint density at radius 2 is 1.88 bits per heavy atom. The molecule has 0 aromatic rings. The first kappa shape index (κ1) is 24.2. The van der Waals surface area contributed by atoms with Crippen molar-refractivity contribution in [3.8, 4) is 0 Å². The maximum absolute atomic E-state index is 13.4. The van der Waals surface area contributed by atoms with E-state index >= 15 is 0 Å². The van der Waals surface area contributed by atoms with E-state index in [1.807, 2.05) is 0 Å². The average Bonchev–Trinajstić information content (AvgIpc) is 3.04. The average molecular weight is 456 g/mol. The number of hydrogen-bond acceptors (Lipinski definition) is 4. The Bertz CT molecular complexity index is 888. The second-order valence-electron chi connectivity index (χ2n) is 11.6. The molecule has 3 saturated carbocycles. The molecule has 0 aliphatic heterocycles. The van der Waals surface area contributed by atoms with Gasteiger partial charge in [-0.25, -0.2) is 0 Å². The summed E-state index contributed by atoms with van der Waals surface area (Å²) in [4.78, 5) is 38.2. The van der Waals surface area contributed by atoms with Crippen LogP contribution in [0.25, 0.3) is 0 Å². The summed E-state index contributed by atoms with van der Waals surface area (Å²) in [6.07, 6.45) is 12.0. The minimum absolute atomic E-state index is 0.111. The van der Waals surface area contributed by atoms with Gasteiger partial charge >= 0.3 is 0 Å².